The van der Waals surface area contributed by atoms with Crippen LogP contribution in [0.4, 0.5) is 5.69 Å². The molecule has 0 fully saturated rings. The number of amides is 3. The zero-order valence-electron chi connectivity index (χ0n) is 17.2. The van der Waals surface area contributed by atoms with Gasteiger partial charge in [-0.1, -0.05) is 45.8 Å². The van der Waals surface area contributed by atoms with Gasteiger partial charge in [-0.3, -0.25) is 14.4 Å². The molecule has 0 unspecified atom stereocenters. The maximum absolute atomic E-state index is 13.1. The third-order valence-electron chi connectivity index (χ3n) is 5.63. The minimum absolute atomic E-state index is 0.293. The molecule has 0 saturated carbocycles. The quantitative estimate of drug-likeness (QED) is 0.401. The van der Waals surface area contributed by atoms with Crippen molar-refractivity contribution in [3.63, 3.8) is 0 Å². The van der Waals surface area contributed by atoms with Crippen molar-refractivity contribution < 1.29 is 14.4 Å². The van der Waals surface area contributed by atoms with Crippen LogP contribution in [0.1, 0.15) is 33.2 Å². The average Bonchev–Trinajstić information content (AvgIpc) is 3.07. The molecule has 7 nitrogen and oxygen atoms in total. The van der Waals surface area contributed by atoms with Crippen LogP contribution in [0.3, 0.4) is 0 Å². The molecule has 0 spiro atoms. The fraction of sp³-hybridized carbons (Fsp3) is 0.125. The Bertz CT molecular complexity index is 1360. The van der Waals surface area contributed by atoms with Gasteiger partial charge in [0.25, 0.3) is 17.7 Å². The van der Waals surface area contributed by atoms with Crippen molar-refractivity contribution in [1.82, 2.24) is 5.01 Å². The summed E-state index contributed by atoms with van der Waals surface area (Å²) in [6.45, 7) is 3.68. The molecule has 5 rings (SSSR count). The molecule has 3 aromatic carbocycles. The van der Waals surface area contributed by atoms with Gasteiger partial charge in [0.15, 0.2) is 0 Å². The fourth-order valence-corrected chi connectivity index (χ4v) is 4.37. The van der Waals surface area contributed by atoms with Gasteiger partial charge >= 0.3 is 0 Å². The molecule has 0 bridgehead atoms. The standard InChI is InChI=1S/C24H17BrN4O3/c1-13-6-8-15(9-7-13)28-24(32)19(14(2)27-28)12-26-29-22(30)17-5-3-4-16-20(25)11-10-18(21(16)17)23(29)31/h3-12,19H,1-2H3/b26-12-/t19-/m1/s1. The van der Waals surface area contributed by atoms with E-state index in [2.05, 4.69) is 26.1 Å². The molecule has 2 aliphatic rings. The number of carbonyl (C=O) groups excluding carboxylic acids is 3. The molecule has 158 valence electrons. The minimum atomic E-state index is -0.765. The Kier molecular flexibility index (Phi) is 4.74. The second-order valence-corrected chi connectivity index (χ2v) is 8.57. The molecule has 8 heteroatoms. The zero-order valence-corrected chi connectivity index (χ0v) is 18.8. The Morgan fingerprint density at radius 3 is 2.34 bits per heavy atom. The van der Waals surface area contributed by atoms with Crippen LogP contribution in [0.25, 0.3) is 10.8 Å². The van der Waals surface area contributed by atoms with E-state index in [1.54, 1.807) is 31.2 Å². The van der Waals surface area contributed by atoms with Gasteiger partial charge in [-0.15, -0.1) is 0 Å². The van der Waals surface area contributed by atoms with E-state index in [1.165, 1.54) is 11.2 Å². The molecule has 32 heavy (non-hydrogen) atoms. The Morgan fingerprint density at radius 1 is 0.938 bits per heavy atom. The summed E-state index contributed by atoms with van der Waals surface area (Å²) in [5.74, 6) is -2.12. The predicted molar refractivity (Wildman–Crippen MR) is 126 cm³/mol. The summed E-state index contributed by atoms with van der Waals surface area (Å²) < 4.78 is 0.801. The van der Waals surface area contributed by atoms with Crippen molar-refractivity contribution in [3.8, 4) is 0 Å². The van der Waals surface area contributed by atoms with Gasteiger partial charge in [0.05, 0.1) is 22.5 Å². The van der Waals surface area contributed by atoms with Gasteiger partial charge < -0.3 is 0 Å². The molecule has 0 aromatic heterocycles. The van der Waals surface area contributed by atoms with Crippen LogP contribution < -0.4 is 5.01 Å². The van der Waals surface area contributed by atoms with Crippen molar-refractivity contribution in [2.75, 3.05) is 5.01 Å². The lowest BCUT2D eigenvalue weighted by Gasteiger charge is -2.23. The fourth-order valence-electron chi connectivity index (χ4n) is 3.91. The molecule has 0 aliphatic carbocycles. The lowest BCUT2D eigenvalue weighted by Crippen LogP contribution is -2.37. The molecule has 0 saturated heterocycles. The first kappa shape index (κ1) is 20.3. The number of rotatable bonds is 3. The number of carbonyl (C=O) groups is 3. The topological polar surface area (TPSA) is 82.4 Å². The number of hydrogen-bond donors (Lipinski definition) is 0. The smallest absolute Gasteiger partial charge is 0.271 e. The van der Waals surface area contributed by atoms with Crippen LogP contribution in [0.5, 0.6) is 0 Å². The molecular formula is C24H17BrN4O3. The van der Waals surface area contributed by atoms with Gasteiger partial charge in [0.2, 0.25) is 0 Å². The summed E-state index contributed by atoms with van der Waals surface area (Å²) in [5.41, 5.74) is 3.03. The summed E-state index contributed by atoms with van der Waals surface area (Å²) in [6.07, 6.45) is 1.31. The highest BCUT2D eigenvalue weighted by Crippen LogP contribution is 2.34. The number of hydrogen-bond acceptors (Lipinski definition) is 5. The van der Waals surface area contributed by atoms with Crippen LogP contribution >= 0.6 is 15.9 Å². The van der Waals surface area contributed by atoms with E-state index in [4.69, 9.17) is 0 Å². The highest BCUT2D eigenvalue weighted by molar-refractivity contribution is 9.10. The van der Waals surface area contributed by atoms with E-state index in [-0.39, 0.29) is 5.91 Å². The highest BCUT2D eigenvalue weighted by atomic mass is 79.9. The number of imide groups is 1. The summed E-state index contributed by atoms with van der Waals surface area (Å²) in [4.78, 5) is 39.1. The van der Waals surface area contributed by atoms with E-state index in [1.807, 2.05) is 37.3 Å². The van der Waals surface area contributed by atoms with E-state index in [0.29, 0.717) is 27.9 Å². The first-order chi connectivity index (χ1) is 15.4. The Balaban J connectivity index is 1.46. The van der Waals surface area contributed by atoms with Gasteiger partial charge in [-0.25, -0.2) is 0 Å². The molecular weight excluding hydrogens is 472 g/mol. The van der Waals surface area contributed by atoms with Crippen LogP contribution in [-0.2, 0) is 4.79 Å². The lowest BCUT2D eigenvalue weighted by molar-refractivity contribution is -0.118. The van der Waals surface area contributed by atoms with Crippen LogP contribution in [0.15, 0.2) is 69.3 Å². The molecule has 0 N–H and O–H groups in total. The van der Waals surface area contributed by atoms with Gasteiger partial charge in [0.1, 0.15) is 5.92 Å². The summed E-state index contributed by atoms with van der Waals surface area (Å²) >= 11 is 3.47. The largest absolute Gasteiger partial charge is 0.282 e. The SMILES string of the molecule is CC1=NN(c2ccc(C)cc2)C(=O)[C@@H]1/C=N\N1C(=O)c2cccc3c(Br)ccc(c23)C1=O. The summed E-state index contributed by atoms with van der Waals surface area (Å²) in [6, 6.07) is 16.2. The Morgan fingerprint density at radius 2 is 1.62 bits per heavy atom. The summed E-state index contributed by atoms with van der Waals surface area (Å²) in [7, 11) is 0. The number of benzene rings is 3. The molecule has 3 aromatic rings. The van der Waals surface area contributed by atoms with Crippen LogP contribution in [-0.4, -0.2) is 34.7 Å². The number of nitrogens with zero attached hydrogens (tertiary/aromatic N) is 4. The van der Waals surface area contributed by atoms with Crippen LogP contribution in [0.2, 0.25) is 0 Å². The lowest BCUT2D eigenvalue weighted by atomic mass is 9.95. The first-order valence-corrected chi connectivity index (χ1v) is 10.8. The van der Waals surface area contributed by atoms with E-state index < -0.39 is 17.7 Å². The third-order valence-corrected chi connectivity index (χ3v) is 6.32. The molecule has 2 heterocycles. The first-order valence-electron chi connectivity index (χ1n) is 9.96. The number of halogens is 1. The normalized spacial score (nSPS) is 18.3. The number of hydrazone groups is 2. The van der Waals surface area contributed by atoms with Crippen molar-refractivity contribution in [2.24, 2.45) is 16.1 Å². The van der Waals surface area contributed by atoms with E-state index in [0.717, 1.165) is 20.4 Å². The minimum Gasteiger partial charge on any atom is -0.271 e. The second-order valence-electron chi connectivity index (χ2n) is 7.71. The maximum Gasteiger partial charge on any atom is 0.282 e. The number of anilines is 1. The predicted octanol–water partition coefficient (Wildman–Crippen LogP) is 4.53. The Labute approximate surface area is 192 Å². The van der Waals surface area contributed by atoms with Gasteiger partial charge in [-0.05, 0) is 49.6 Å². The van der Waals surface area contributed by atoms with Crippen molar-refractivity contribution in [3.05, 3.63) is 75.8 Å². The monoisotopic (exact) mass is 488 g/mol. The van der Waals surface area contributed by atoms with Crippen molar-refractivity contribution in [2.45, 2.75) is 13.8 Å². The summed E-state index contributed by atoms with van der Waals surface area (Å²) in [5, 5.41) is 12.0. The average molecular weight is 489 g/mol. The molecule has 2 aliphatic heterocycles. The van der Waals surface area contributed by atoms with Crippen LogP contribution in [0, 0.1) is 12.8 Å². The second kappa shape index (κ2) is 7.49. The maximum atomic E-state index is 13.1. The van der Waals surface area contributed by atoms with E-state index in [9.17, 15) is 14.4 Å². The molecule has 3 amide bonds. The third kappa shape index (κ3) is 3.06. The van der Waals surface area contributed by atoms with Gasteiger partial charge in [-0.2, -0.15) is 20.2 Å². The Hall–Kier alpha value is -3.65. The highest BCUT2D eigenvalue weighted by Gasteiger charge is 2.36. The van der Waals surface area contributed by atoms with Crippen molar-refractivity contribution in [1.29, 1.82) is 0 Å². The van der Waals surface area contributed by atoms with E-state index >= 15 is 0 Å². The van der Waals surface area contributed by atoms with Gasteiger partial charge in [0, 0.05) is 16.1 Å². The number of aryl methyl sites for hydroxylation is 1. The zero-order chi connectivity index (χ0) is 22.6. The molecule has 1 atom stereocenters. The van der Waals surface area contributed by atoms with Crippen molar-refractivity contribution >= 4 is 62.0 Å². The molecule has 0 radical (unpaired) electrons.